The molecule has 0 aliphatic heterocycles. The van der Waals surface area contributed by atoms with E-state index >= 15 is 0 Å². The van der Waals surface area contributed by atoms with Crippen LogP contribution in [-0.2, 0) is 4.74 Å². The zero-order chi connectivity index (χ0) is 15.4. The predicted octanol–water partition coefficient (Wildman–Crippen LogP) is 2.15. The molecule has 8 nitrogen and oxygen atoms in total. The zero-order valence-electron chi connectivity index (χ0n) is 11.0. The minimum absolute atomic E-state index is 0.115. The number of aromatic nitrogens is 1. The van der Waals surface area contributed by atoms with Crippen molar-refractivity contribution in [2.45, 2.75) is 0 Å². The molecule has 0 fully saturated rings. The first kappa shape index (κ1) is 14.3. The van der Waals surface area contributed by atoms with Gasteiger partial charge in [0.25, 0.3) is 0 Å². The number of benzene rings is 1. The van der Waals surface area contributed by atoms with E-state index in [9.17, 15) is 14.9 Å². The second kappa shape index (κ2) is 5.87. The van der Waals surface area contributed by atoms with Crippen LogP contribution in [0.1, 0.15) is 10.4 Å². The average Bonchev–Trinajstić information content (AvgIpc) is 2.47. The number of nitrogen functional groups attached to an aromatic ring is 1. The molecule has 0 atom stereocenters. The van der Waals surface area contributed by atoms with Gasteiger partial charge in [-0.15, -0.1) is 0 Å². The van der Waals surface area contributed by atoms with Crippen molar-refractivity contribution in [1.82, 2.24) is 4.98 Å². The first-order chi connectivity index (χ1) is 10.0. The average molecular weight is 289 g/mol. The van der Waals surface area contributed by atoms with Crippen molar-refractivity contribution < 1.29 is 19.2 Å². The van der Waals surface area contributed by atoms with Crippen molar-refractivity contribution in [2.75, 3.05) is 12.8 Å². The van der Waals surface area contributed by atoms with E-state index < -0.39 is 10.9 Å². The molecule has 2 N–H and O–H groups in total. The van der Waals surface area contributed by atoms with E-state index in [0.717, 1.165) is 0 Å². The molecule has 2 aromatic rings. The Morgan fingerprint density at radius 2 is 1.90 bits per heavy atom. The van der Waals surface area contributed by atoms with Crippen LogP contribution in [0.4, 0.5) is 11.5 Å². The van der Waals surface area contributed by atoms with E-state index in [4.69, 9.17) is 10.5 Å². The van der Waals surface area contributed by atoms with Gasteiger partial charge in [0.05, 0.1) is 17.6 Å². The molecular formula is C13H11N3O5. The molecule has 0 unspecified atom stereocenters. The lowest BCUT2D eigenvalue weighted by molar-refractivity contribution is -0.384. The molecular weight excluding hydrogens is 278 g/mol. The molecule has 8 heteroatoms. The van der Waals surface area contributed by atoms with Gasteiger partial charge in [0.1, 0.15) is 5.75 Å². The van der Waals surface area contributed by atoms with E-state index in [-0.39, 0.29) is 17.4 Å². The first-order valence-electron chi connectivity index (χ1n) is 5.78. The van der Waals surface area contributed by atoms with Crippen LogP contribution in [0.15, 0.2) is 36.4 Å². The van der Waals surface area contributed by atoms with Gasteiger partial charge >= 0.3 is 11.7 Å². The third kappa shape index (κ3) is 3.24. The number of pyridine rings is 1. The number of nitro groups is 1. The number of carbonyl (C=O) groups excluding carboxylic acids is 1. The highest BCUT2D eigenvalue weighted by Crippen LogP contribution is 2.25. The zero-order valence-corrected chi connectivity index (χ0v) is 11.0. The molecule has 0 amide bonds. The van der Waals surface area contributed by atoms with Crippen LogP contribution in [0.3, 0.4) is 0 Å². The van der Waals surface area contributed by atoms with E-state index in [1.807, 2.05) is 0 Å². The fourth-order valence-electron chi connectivity index (χ4n) is 1.56. The summed E-state index contributed by atoms with van der Waals surface area (Å²) in [6.07, 6.45) is 0. The summed E-state index contributed by atoms with van der Waals surface area (Å²) in [6, 6.07) is 8.69. The van der Waals surface area contributed by atoms with Crippen LogP contribution in [0.25, 0.3) is 0 Å². The van der Waals surface area contributed by atoms with Crippen LogP contribution in [0.2, 0.25) is 0 Å². The van der Waals surface area contributed by atoms with Crippen LogP contribution in [0, 0.1) is 10.1 Å². The molecule has 0 radical (unpaired) electrons. The number of nitrogens with zero attached hydrogens (tertiary/aromatic N) is 2. The molecule has 0 saturated heterocycles. The summed E-state index contributed by atoms with van der Waals surface area (Å²) in [7, 11) is 1.29. The standard InChI is InChI=1S/C13H11N3O5/c1-20-13(17)8-2-4-9(5-3-8)21-11-7-6-10(16(18)19)12(14)15-11/h2-7H,1H3,(H2,14,15). The summed E-state index contributed by atoms with van der Waals surface area (Å²) in [5, 5.41) is 10.6. The van der Waals surface area contributed by atoms with Crippen LogP contribution < -0.4 is 10.5 Å². The van der Waals surface area contributed by atoms with Crippen molar-refractivity contribution in [2.24, 2.45) is 0 Å². The van der Waals surface area contributed by atoms with E-state index in [0.29, 0.717) is 11.3 Å². The second-order valence-electron chi connectivity index (χ2n) is 3.93. The summed E-state index contributed by atoms with van der Waals surface area (Å²) in [6.45, 7) is 0. The highest BCUT2D eigenvalue weighted by Gasteiger charge is 2.13. The number of hydrogen-bond acceptors (Lipinski definition) is 7. The molecule has 21 heavy (non-hydrogen) atoms. The largest absolute Gasteiger partial charge is 0.465 e. The highest BCUT2D eigenvalue weighted by atomic mass is 16.6. The Morgan fingerprint density at radius 1 is 1.24 bits per heavy atom. The molecule has 0 aliphatic carbocycles. The minimum Gasteiger partial charge on any atom is -0.465 e. The van der Waals surface area contributed by atoms with E-state index in [2.05, 4.69) is 9.72 Å². The minimum atomic E-state index is -0.628. The highest BCUT2D eigenvalue weighted by molar-refractivity contribution is 5.89. The molecule has 108 valence electrons. The quantitative estimate of drug-likeness (QED) is 0.520. The van der Waals surface area contributed by atoms with Crippen molar-refractivity contribution in [3.05, 3.63) is 52.1 Å². The van der Waals surface area contributed by atoms with Gasteiger partial charge in [-0.3, -0.25) is 10.1 Å². The van der Waals surface area contributed by atoms with Crippen LogP contribution >= 0.6 is 0 Å². The van der Waals surface area contributed by atoms with Gasteiger partial charge in [0.2, 0.25) is 11.7 Å². The van der Waals surface area contributed by atoms with Gasteiger partial charge in [-0.25, -0.2) is 4.79 Å². The number of hydrogen-bond donors (Lipinski definition) is 1. The lowest BCUT2D eigenvalue weighted by Gasteiger charge is -2.06. The number of anilines is 1. The number of methoxy groups -OCH3 is 1. The van der Waals surface area contributed by atoms with E-state index in [1.165, 1.54) is 31.4 Å². The third-order valence-electron chi connectivity index (χ3n) is 2.57. The van der Waals surface area contributed by atoms with Crippen LogP contribution in [0.5, 0.6) is 11.6 Å². The molecule has 1 heterocycles. The normalized spacial score (nSPS) is 9.95. The maximum absolute atomic E-state index is 11.3. The van der Waals surface area contributed by atoms with Gasteiger partial charge in [0, 0.05) is 12.1 Å². The number of rotatable bonds is 4. The molecule has 0 saturated carbocycles. The lowest BCUT2D eigenvalue weighted by atomic mass is 10.2. The second-order valence-corrected chi connectivity index (χ2v) is 3.93. The molecule has 2 rings (SSSR count). The van der Waals surface area contributed by atoms with Gasteiger partial charge in [-0.1, -0.05) is 0 Å². The summed E-state index contributed by atoms with van der Waals surface area (Å²) < 4.78 is 9.97. The summed E-state index contributed by atoms with van der Waals surface area (Å²) >= 11 is 0. The molecule has 0 bridgehead atoms. The van der Waals surface area contributed by atoms with Crippen LogP contribution in [-0.4, -0.2) is 23.0 Å². The van der Waals surface area contributed by atoms with E-state index in [1.54, 1.807) is 12.1 Å². The lowest BCUT2D eigenvalue weighted by Crippen LogP contribution is -2.01. The molecule has 1 aromatic carbocycles. The van der Waals surface area contributed by atoms with Gasteiger partial charge in [0.15, 0.2) is 0 Å². The third-order valence-corrected chi connectivity index (χ3v) is 2.57. The fraction of sp³-hybridized carbons (Fsp3) is 0.0769. The van der Waals surface area contributed by atoms with Gasteiger partial charge in [-0.2, -0.15) is 4.98 Å². The summed E-state index contributed by atoms with van der Waals surface area (Å²) in [5.74, 6) is -0.171. The first-order valence-corrected chi connectivity index (χ1v) is 5.78. The summed E-state index contributed by atoms with van der Waals surface area (Å²) in [4.78, 5) is 25.1. The maximum Gasteiger partial charge on any atom is 0.337 e. The Kier molecular flexibility index (Phi) is 3.98. The molecule has 0 spiro atoms. The Hall–Kier alpha value is -3.16. The molecule has 1 aromatic heterocycles. The Balaban J connectivity index is 2.17. The van der Waals surface area contributed by atoms with Gasteiger partial charge < -0.3 is 15.2 Å². The van der Waals surface area contributed by atoms with Crippen molar-refractivity contribution in [3.8, 4) is 11.6 Å². The smallest absolute Gasteiger partial charge is 0.337 e. The SMILES string of the molecule is COC(=O)c1ccc(Oc2ccc([N+](=O)[O-])c(N)n2)cc1. The van der Waals surface area contributed by atoms with Crippen molar-refractivity contribution >= 4 is 17.5 Å². The number of carbonyl (C=O) groups is 1. The number of esters is 1. The topological polar surface area (TPSA) is 118 Å². The van der Waals surface area contributed by atoms with Gasteiger partial charge in [-0.05, 0) is 24.3 Å². The van der Waals surface area contributed by atoms with Crippen molar-refractivity contribution in [1.29, 1.82) is 0 Å². The Labute approximate surface area is 119 Å². The Morgan fingerprint density at radius 3 is 2.43 bits per heavy atom. The number of nitrogens with two attached hydrogens (primary N) is 1. The monoisotopic (exact) mass is 289 g/mol. The summed E-state index contributed by atoms with van der Waals surface area (Å²) in [5.41, 5.74) is 5.55. The fourth-order valence-corrected chi connectivity index (χ4v) is 1.56. The predicted molar refractivity (Wildman–Crippen MR) is 73.2 cm³/mol. The number of ether oxygens (including phenoxy) is 2. The Bertz CT molecular complexity index is 685. The van der Waals surface area contributed by atoms with Crippen molar-refractivity contribution in [3.63, 3.8) is 0 Å². The maximum atomic E-state index is 11.3. The molecule has 0 aliphatic rings.